The van der Waals surface area contributed by atoms with Crippen LogP contribution in [0, 0.1) is 0 Å². The summed E-state index contributed by atoms with van der Waals surface area (Å²) in [6, 6.07) is 13.4. The largest absolute Gasteiger partial charge is 0.492 e. The molecule has 0 radical (unpaired) electrons. The van der Waals surface area contributed by atoms with Crippen LogP contribution < -0.4 is 42.0 Å². The molecular formula is C77H128N10O14S. The van der Waals surface area contributed by atoms with Crippen LogP contribution in [0.25, 0.3) is 11.5 Å². The van der Waals surface area contributed by atoms with E-state index in [1.54, 1.807) is 36.4 Å². The first-order valence-corrected chi connectivity index (χ1v) is 39.5. The van der Waals surface area contributed by atoms with Crippen LogP contribution in [-0.2, 0) is 47.7 Å². The van der Waals surface area contributed by atoms with E-state index >= 15 is 0 Å². The topological polar surface area (TPSA) is 309 Å². The van der Waals surface area contributed by atoms with Crippen LogP contribution in [0.5, 0.6) is 5.75 Å². The van der Waals surface area contributed by atoms with Gasteiger partial charge in [0, 0.05) is 113 Å². The van der Waals surface area contributed by atoms with Crippen molar-refractivity contribution < 1.29 is 66.5 Å². The van der Waals surface area contributed by atoms with Crippen LogP contribution in [0.4, 0.5) is 0 Å². The lowest BCUT2D eigenvalue weighted by Gasteiger charge is -2.23. The molecule has 0 saturated heterocycles. The average molecular weight is 1450 g/mol. The molecule has 2 aromatic carbocycles. The number of thioether (sulfide) groups is 1. The van der Waals surface area contributed by atoms with Gasteiger partial charge in [0.05, 0.1) is 59.4 Å². The lowest BCUT2D eigenvalue weighted by atomic mass is 10.0. The second kappa shape index (κ2) is 61.8. The molecule has 0 fully saturated rings. The number of carbonyl (C=O) groups is 8. The van der Waals surface area contributed by atoms with Gasteiger partial charge in [-0.3, -0.25) is 38.4 Å². The highest BCUT2D eigenvalue weighted by atomic mass is 32.2. The first-order valence-electron chi connectivity index (χ1n) is 38.6. The maximum atomic E-state index is 14.0. The van der Waals surface area contributed by atoms with Gasteiger partial charge in [0.15, 0.2) is 0 Å². The molecule has 0 bridgehead atoms. The highest BCUT2D eigenvalue weighted by molar-refractivity contribution is 7.99. The van der Waals surface area contributed by atoms with Crippen molar-refractivity contribution in [3.05, 3.63) is 59.7 Å². The Bertz CT molecular complexity index is 2590. The highest BCUT2D eigenvalue weighted by Crippen LogP contribution is 2.27. The normalized spacial score (nSPS) is 11.1. The molecule has 576 valence electrons. The van der Waals surface area contributed by atoms with Gasteiger partial charge in [0.25, 0.3) is 17.0 Å². The minimum absolute atomic E-state index is 0.0225. The summed E-state index contributed by atoms with van der Waals surface area (Å²) in [5, 5.41) is 28.8. The van der Waals surface area contributed by atoms with Crippen molar-refractivity contribution >= 4 is 59.0 Å². The number of unbranched alkanes of at least 4 members (excludes halogenated alkanes) is 24. The number of benzene rings is 2. The highest BCUT2D eigenvalue weighted by Gasteiger charge is 2.19. The summed E-state index contributed by atoms with van der Waals surface area (Å²) < 4.78 is 33.8. The molecular weight excluding hydrogens is 1320 g/mol. The monoisotopic (exact) mass is 1450 g/mol. The smallest absolute Gasteiger partial charge is 0.277 e. The van der Waals surface area contributed by atoms with Gasteiger partial charge < -0.3 is 70.2 Å². The van der Waals surface area contributed by atoms with Crippen molar-refractivity contribution in [1.82, 2.24) is 52.3 Å². The number of hydrogen-bond acceptors (Lipinski definition) is 17. The molecule has 0 aliphatic heterocycles. The van der Waals surface area contributed by atoms with Gasteiger partial charge in [-0.15, -0.1) is 10.2 Å². The maximum absolute atomic E-state index is 14.0. The maximum Gasteiger partial charge on any atom is 0.277 e. The minimum Gasteiger partial charge on any atom is -0.492 e. The Balaban J connectivity index is 1.30. The van der Waals surface area contributed by atoms with Crippen LogP contribution in [-0.4, -0.2) is 186 Å². The average Bonchev–Trinajstić information content (AvgIpc) is 1.74. The van der Waals surface area contributed by atoms with Crippen molar-refractivity contribution in [3.63, 3.8) is 0 Å². The summed E-state index contributed by atoms with van der Waals surface area (Å²) >= 11 is 1.49. The third-order valence-electron chi connectivity index (χ3n) is 16.8. The Morgan fingerprint density at radius 1 is 0.382 bits per heavy atom. The molecule has 3 rings (SSSR count). The number of rotatable bonds is 67. The number of aromatic nitrogens is 2. The van der Waals surface area contributed by atoms with Gasteiger partial charge in [-0.25, -0.2) is 0 Å². The van der Waals surface area contributed by atoms with Crippen molar-refractivity contribution in [2.24, 2.45) is 0 Å². The fourth-order valence-corrected chi connectivity index (χ4v) is 11.5. The Kier molecular flexibility index (Phi) is 54.2. The zero-order chi connectivity index (χ0) is 73.6. The van der Waals surface area contributed by atoms with Crippen molar-refractivity contribution in [2.75, 3.05) is 118 Å². The van der Waals surface area contributed by atoms with Gasteiger partial charge in [-0.2, -0.15) is 0 Å². The van der Waals surface area contributed by atoms with Gasteiger partial charge in [-0.05, 0) is 61.4 Å². The van der Waals surface area contributed by atoms with E-state index in [2.05, 4.69) is 61.3 Å². The quantitative estimate of drug-likeness (QED) is 0.0204. The van der Waals surface area contributed by atoms with Gasteiger partial charge >= 0.3 is 0 Å². The Morgan fingerprint density at radius 2 is 0.716 bits per heavy atom. The summed E-state index contributed by atoms with van der Waals surface area (Å²) in [5.41, 5.74) is 1.37. The fraction of sp³-hybridized carbons (Fsp3) is 0.714. The van der Waals surface area contributed by atoms with E-state index in [1.165, 1.54) is 158 Å². The van der Waals surface area contributed by atoms with E-state index < -0.39 is 0 Å². The number of carbonyl (C=O) groups excluding carboxylic acids is 8. The molecule has 7 N–H and O–H groups in total. The Morgan fingerprint density at radius 3 is 1.09 bits per heavy atom. The molecule has 102 heavy (non-hydrogen) atoms. The Labute approximate surface area is 613 Å². The second-order valence-corrected chi connectivity index (χ2v) is 27.6. The molecule has 24 nitrogen and oxygen atoms in total. The number of amides is 8. The number of nitrogens with zero attached hydrogens (tertiary/aromatic N) is 3. The summed E-state index contributed by atoms with van der Waals surface area (Å²) in [4.78, 5) is 103. The van der Waals surface area contributed by atoms with Crippen LogP contribution in [0.3, 0.4) is 0 Å². The Hall–Kier alpha value is -6.67. The van der Waals surface area contributed by atoms with Gasteiger partial charge in [0.2, 0.25) is 41.3 Å². The standard InChI is InChI=1S/C77H128N10O14S/c1-5-7-9-11-13-15-17-19-21-23-25-27-29-31-68(88)80-47-58-98-56-43-72(92)82-49-60-96-54-41-70(90)78-45-52-87(76(95)66-35-33-64(34-36-66)74(94)84-51-62-100-67-39-37-65(38-40-67)75-85-86-77(101-75)102-63(3)4)53-46-79-71(91)42-55-97-61-50-83-73(93)44-57-99-59-48-81-69(89)32-30-28-26-24-22-20-18-16-14-12-10-8-6-2/h33-40,63H,5-32,41-62H2,1-4H3,(H,78,90)(H,79,91)(H,80,88)(H,81,89)(H,82,92)(H,83,93)(H,84,94). The first kappa shape index (κ1) is 89.5. The van der Waals surface area contributed by atoms with Crippen molar-refractivity contribution in [1.29, 1.82) is 0 Å². The molecule has 0 aliphatic carbocycles. The van der Waals surface area contributed by atoms with Crippen molar-refractivity contribution in [2.45, 2.75) is 244 Å². The third kappa shape index (κ3) is 49.1. The summed E-state index contributed by atoms with van der Waals surface area (Å²) in [6.45, 7) is 12.3. The predicted molar refractivity (Wildman–Crippen MR) is 401 cm³/mol. The second-order valence-electron chi connectivity index (χ2n) is 26.1. The summed E-state index contributed by atoms with van der Waals surface area (Å²) in [7, 11) is 0. The van der Waals surface area contributed by atoms with Crippen LogP contribution in [0.15, 0.2) is 58.2 Å². The third-order valence-corrected chi connectivity index (χ3v) is 17.6. The molecule has 8 amide bonds. The number of ether oxygens (including phenoxy) is 5. The van der Waals surface area contributed by atoms with Crippen LogP contribution in [0.1, 0.15) is 254 Å². The SMILES string of the molecule is CCCCCCCCCCCCCCCC(=O)NCCOCCC(=O)NCCOCCC(=O)NCCN(CCNC(=O)CCOCCNC(=O)CCOCCNC(=O)CCCCCCCCCCCCCCC)C(=O)c1ccc(C(=O)NCCOc2ccc(-c3nnc(SC(C)C)o3)cc2)cc1. The number of hydrogen-bond donors (Lipinski definition) is 7. The number of nitrogens with one attached hydrogen (secondary N) is 7. The molecule has 0 spiro atoms. The van der Waals surface area contributed by atoms with E-state index in [0.29, 0.717) is 72.4 Å². The lowest BCUT2D eigenvalue weighted by molar-refractivity contribution is -0.124. The molecule has 1 heterocycles. The van der Waals surface area contributed by atoms with E-state index in [-0.39, 0.29) is 165 Å². The summed E-state index contributed by atoms with van der Waals surface area (Å²) in [6.07, 6.45) is 34.2. The van der Waals surface area contributed by atoms with E-state index in [4.69, 9.17) is 28.1 Å². The molecule has 3 aromatic rings. The van der Waals surface area contributed by atoms with E-state index in [9.17, 15) is 38.4 Å². The fourth-order valence-electron chi connectivity index (χ4n) is 10.9. The minimum atomic E-state index is -0.383. The molecule has 0 unspecified atom stereocenters. The zero-order valence-electron chi connectivity index (χ0n) is 62.5. The van der Waals surface area contributed by atoms with E-state index in [0.717, 1.165) is 31.2 Å². The van der Waals surface area contributed by atoms with Crippen LogP contribution >= 0.6 is 11.8 Å². The predicted octanol–water partition coefficient (Wildman–Crippen LogP) is 11.8. The van der Waals surface area contributed by atoms with Gasteiger partial charge in [-0.1, -0.05) is 194 Å². The summed E-state index contributed by atoms with van der Waals surface area (Å²) in [5.74, 6) is -0.718. The molecule has 1 aromatic heterocycles. The van der Waals surface area contributed by atoms with Crippen LogP contribution in [0.2, 0.25) is 0 Å². The molecule has 0 aliphatic rings. The lowest BCUT2D eigenvalue weighted by Crippen LogP contribution is -2.43. The molecule has 25 heteroatoms. The van der Waals surface area contributed by atoms with Crippen molar-refractivity contribution in [3.8, 4) is 17.2 Å². The van der Waals surface area contributed by atoms with Gasteiger partial charge in [0.1, 0.15) is 12.4 Å². The van der Waals surface area contributed by atoms with E-state index in [1.807, 2.05) is 26.0 Å². The zero-order valence-corrected chi connectivity index (χ0v) is 63.3. The molecule has 0 atom stereocenters. The molecule has 0 saturated carbocycles. The first-order chi connectivity index (χ1) is 49.8.